The van der Waals surface area contributed by atoms with Gasteiger partial charge in [0.15, 0.2) is 5.58 Å². The summed E-state index contributed by atoms with van der Waals surface area (Å²) >= 11 is 6.04. The van der Waals surface area contributed by atoms with Gasteiger partial charge in [-0.3, -0.25) is 0 Å². The third-order valence-corrected chi connectivity index (χ3v) is 3.73. The maximum atomic E-state index is 13.9. The third kappa shape index (κ3) is 2.41. The molecule has 0 amide bonds. The van der Waals surface area contributed by atoms with Crippen LogP contribution in [0.2, 0.25) is 5.02 Å². The van der Waals surface area contributed by atoms with Crippen LogP contribution in [-0.4, -0.2) is 0 Å². The molecule has 0 fully saturated rings. The van der Waals surface area contributed by atoms with E-state index in [4.69, 9.17) is 21.8 Å². The van der Waals surface area contributed by atoms with E-state index in [1.54, 1.807) is 25.1 Å². The maximum Gasteiger partial charge on any atom is 0.152 e. The minimum absolute atomic E-state index is 0.184. The molecule has 0 radical (unpaired) electrons. The molecule has 108 valence electrons. The summed E-state index contributed by atoms with van der Waals surface area (Å²) in [6.45, 7) is 1.56. The highest BCUT2D eigenvalue weighted by Crippen LogP contribution is 2.32. The Morgan fingerprint density at radius 3 is 2.62 bits per heavy atom. The van der Waals surface area contributed by atoms with Gasteiger partial charge in [-0.1, -0.05) is 23.7 Å². The van der Waals surface area contributed by atoms with Crippen molar-refractivity contribution >= 4 is 22.6 Å². The van der Waals surface area contributed by atoms with Gasteiger partial charge < -0.3 is 10.2 Å². The van der Waals surface area contributed by atoms with Crippen LogP contribution in [0.1, 0.15) is 22.9 Å². The van der Waals surface area contributed by atoms with Crippen LogP contribution in [0, 0.1) is 18.6 Å². The van der Waals surface area contributed by atoms with E-state index in [0.717, 1.165) is 11.5 Å². The van der Waals surface area contributed by atoms with Crippen LogP contribution in [0.3, 0.4) is 0 Å². The van der Waals surface area contributed by atoms with Crippen molar-refractivity contribution in [1.82, 2.24) is 0 Å². The van der Waals surface area contributed by atoms with E-state index >= 15 is 0 Å². The van der Waals surface area contributed by atoms with E-state index in [9.17, 15) is 8.78 Å². The Morgan fingerprint density at radius 1 is 1.14 bits per heavy atom. The molecule has 2 N–H and O–H groups in total. The fraction of sp³-hybridized carbons (Fsp3) is 0.125. The van der Waals surface area contributed by atoms with Gasteiger partial charge in [-0.15, -0.1) is 0 Å². The number of para-hydroxylation sites is 1. The topological polar surface area (TPSA) is 39.2 Å². The number of hydrogen-bond acceptors (Lipinski definition) is 2. The Labute approximate surface area is 125 Å². The number of halogens is 3. The fourth-order valence-electron chi connectivity index (χ4n) is 2.27. The molecule has 1 heterocycles. The first kappa shape index (κ1) is 14.0. The second kappa shape index (κ2) is 5.13. The number of benzene rings is 2. The fourth-order valence-corrected chi connectivity index (χ4v) is 2.49. The zero-order valence-electron chi connectivity index (χ0n) is 11.2. The molecule has 0 bridgehead atoms. The van der Waals surface area contributed by atoms with Crippen LogP contribution in [0.25, 0.3) is 11.0 Å². The van der Waals surface area contributed by atoms with E-state index in [1.165, 1.54) is 6.07 Å². The zero-order valence-corrected chi connectivity index (χ0v) is 11.9. The Kier molecular flexibility index (Phi) is 3.43. The molecule has 0 aliphatic heterocycles. The highest BCUT2D eigenvalue weighted by atomic mass is 35.5. The van der Waals surface area contributed by atoms with Crippen LogP contribution in [0.5, 0.6) is 0 Å². The number of aryl methyl sites for hydroxylation is 1. The summed E-state index contributed by atoms with van der Waals surface area (Å²) in [6, 6.07) is 8.43. The van der Waals surface area contributed by atoms with Crippen LogP contribution in [0.15, 0.2) is 40.8 Å². The van der Waals surface area contributed by atoms with E-state index in [2.05, 4.69) is 0 Å². The highest BCUT2D eigenvalue weighted by molar-refractivity contribution is 6.34. The lowest BCUT2D eigenvalue weighted by atomic mass is 10.0. The number of nitrogens with two attached hydrogens (primary N) is 1. The highest BCUT2D eigenvalue weighted by Gasteiger charge is 2.20. The number of fused-ring (bicyclic) bond motifs is 1. The van der Waals surface area contributed by atoms with Crippen molar-refractivity contribution < 1.29 is 13.2 Å². The van der Waals surface area contributed by atoms with Crippen molar-refractivity contribution in [1.29, 1.82) is 0 Å². The number of hydrogen-bond donors (Lipinski definition) is 1. The van der Waals surface area contributed by atoms with Gasteiger partial charge in [-0.2, -0.15) is 0 Å². The average molecular weight is 308 g/mol. The minimum atomic E-state index is -0.826. The molecule has 3 aromatic rings. The van der Waals surface area contributed by atoms with E-state index in [0.29, 0.717) is 21.9 Å². The molecule has 0 aliphatic carbocycles. The summed E-state index contributed by atoms with van der Waals surface area (Å²) in [5, 5.41) is 1.24. The van der Waals surface area contributed by atoms with Gasteiger partial charge in [0, 0.05) is 17.0 Å². The first-order valence-electron chi connectivity index (χ1n) is 6.36. The van der Waals surface area contributed by atoms with Gasteiger partial charge in [0.25, 0.3) is 0 Å². The number of rotatable bonds is 2. The molecule has 1 aromatic heterocycles. The Bertz CT molecular complexity index is 829. The lowest BCUT2D eigenvalue weighted by molar-refractivity contribution is 0.505. The monoisotopic (exact) mass is 307 g/mol. The maximum absolute atomic E-state index is 13.9. The van der Waals surface area contributed by atoms with E-state index in [-0.39, 0.29) is 5.56 Å². The molecular weight excluding hydrogens is 296 g/mol. The van der Waals surface area contributed by atoms with E-state index in [1.807, 2.05) is 6.07 Å². The van der Waals surface area contributed by atoms with Crippen molar-refractivity contribution in [2.24, 2.45) is 5.73 Å². The first-order valence-corrected chi connectivity index (χ1v) is 6.74. The van der Waals surface area contributed by atoms with Gasteiger partial charge in [0.2, 0.25) is 0 Å². The standard InChI is InChI=1S/C16H12ClF2NO/c1-8-5-10(13(19)7-12(8)18)15(20)14-6-9-3-2-4-11(17)16(9)21-14/h2-7,15H,20H2,1H3. The molecule has 0 aliphatic rings. The third-order valence-electron chi connectivity index (χ3n) is 3.43. The SMILES string of the molecule is Cc1cc(C(N)c2cc3cccc(Cl)c3o2)c(F)cc1F. The summed E-state index contributed by atoms with van der Waals surface area (Å²) in [6.07, 6.45) is 0. The molecule has 2 aromatic carbocycles. The second-order valence-corrected chi connectivity index (χ2v) is 5.31. The van der Waals surface area contributed by atoms with Crippen LogP contribution >= 0.6 is 11.6 Å². The minimum Gasteiger partial charge on any atom is -0.457 e. The quantitative estimate of drug-likeness (QED) is 0.744. The first-order chi connectivity index (χ1) is 9.97. The van der Waals surface area contributed by atoms with Crippen LogP contribution in [0.4, 0.5) is 8.78 Å². The molecule has 1 unspecified atom stereocenters. The van der Waals surface area contributed by atoms with Crippen molar-refractivity contribution in [3.8, 4) is 0 Å². The summed E-state index contributed by atoms with van der Waals surface area (Å²) in [5.41, 5.74) is 7.07. The summed E-state index contributed by atoms with van der Waals surface area (Å²) < 4.78 is 32.9. The predicted molar refractivity (Wildman–Crippen MR) is 78.3 cm³/mol. The molecular formula is C16H12ClF2NO. The predicted octanol–water partition coefficient (Wildman–Crippen LogP) is 4.72. The second-order valence-electron chi connectivity index (χ2n) is 4.91. The Morgan fingerprint density at radius 2 is 1.90 bits per heavy atom. The Balaban J connectivity index is 2.10. The van der Waals surface area contributed by atoms with Crippen LogP contribution < -0.4 is 5.73 Å². The molecule has 0 spiro atoms. The van der Waals surface area contributed by atoms with Crippen molar-refractivity contribution in [2.45, 2.75) is 13.0 Å². The zero-order chi connectivity index (χ0) is 15.1. The van der Waals surface area contributed by atoms with Gasteiger partial charge in [-0.05, 0) is 30.7 Å². The summed E-state index contributed by atoms with van der Waals surface area (Å²) in [5.74, 6) is -0.920. The largest absolute Gasteiger partial charge is 0.457 e. The lowest BCUT2D eigenvalue weighted by Gasteiger charge is -2.11. The smallest absolute Gasteiger partial charge is 0.152 e. The molecule has 1 atom stereocenters. The van der Waals surface area contributed by atoms with E-state index < -0.39 is 17.7 Å². The molecule has 0 saturated carbocycles. The van der Waals surface area contributed by atoms with Crippen molar-refractivity contribution in [2.75, 3.05) is 0 Å². The molecule has 0 saturated heterocycles. The van der Waals surface area contributed by atoms with Gasteiger partial charge in [-0.25, -0.2) is 8.78 Å². The van der Waals surface area contributed by atoms with Crippen molar-refractivity contribution in [3.05, 3.63) is 69.9 Å². The summed E-state index contributed by atoms with van der Waals surface area (Å²) in [7, 11) is 0. The molecule has 21 heavy (non-hydrogen) atoms. The van der Waals surface area contributed by atoms with Crippen molar-refractivity contribution in [3.63, 3.8) is 0 Å². The van der Waals surface area contributed by atoms with Crippen LogP contribution in [-0.2, 0) is 0 Å². The molecule has 3 rings (SSSR count). The molecule has 5 heteroatoms. The van der Waals surface area contributed by atoms with Gasteiger partial charge >= 0.3 is 0 Å². The lowest BCUT2D eigenvalue weighted by Crippen LogP contribution is -2.13. The molecule has 2 nitrogen and oxygen atoms in total. The normalized spacial score (nSPS) is 12.8. The number of furan rings is 1. The van der Waals surface area contributed by atoms with Gasteiger partial charge in [0.05, 0.1) is 11.1 Å². The summed E-state index contributed by atoms with van der Waals surface area (Å²) in [4.78, 5) is 0. The Hall–Kier alpha value is -1.91. The average Bonchev–Trinajstić information content (AvgIpc) is 2.87. The van der Waals surface area contributed by atoms with Gasteiger partial charge in [0.1, 0.15) is 17.4 Å².